The Kier molecular flexibility index (Phi) is 9.61. The molecule has 0 unspecified atom stereocenters. The molecule has 3 aromatic rings. The lowest BCUT2D eigenvalue weighted by Crippen LogP contribution is -2.46. The summed E-state index contributed by atoms with van der Waals surface area (Å²) in [5, 5.41) is 5.68. The minimum absolute atomic E-state index is 0.128. The van der Waals surface area contributed by atoms with E-state index in [1.807, 2.05) is 12.1 Å². The van der Waals surface area contributed by atoms with Gasteiger partial charge in [-0.25, -0.2) is 19.2 Å². The third-order valence-electron chi connectivity index (χ3n) is 8.11. The van der Waals surface area contributed by atoms with Gasteiger partial charge in [0.05, 0.1) is 15.0 Å². The summed E-state index contributed by atoms with van der Waals surface area (Å²) in [6.07, 6.45) is 3.15. The number of imide groups is 1. The predicted octanol–water partition coefficient (Wildman–Crippen LogP) is 7.00. The van der Waals surface area contributed by atoms with E-state index in [2.05, 4.69) is 71.5 Å². The Morgan fingerprint density at radius 1 is 1.19 bits per heavy atom. The van der Waals surface area contributed by atoms with E-state index < -0.39 is 19.9 Å². The highest BCUT2D eigenvalue weighted by atomic mass is 79.9. The second kappa shape index (κ2) is 12.5. The Hall–Kier alpha value is -2.67. The van der Waals surface area contributed by atoms with Crippen LogP contribution in [0.4, 0.5) is 15.1 Å². The van der Waals surface area contributed by atoms with Crippen molar-refractivity contribution < 1.29 is 18.4 Å². The van der Waals surface area contributed by atoms with Crippen LogP contribution >= 0.6 is 27.3 Å². The number of hydrogen-bond donors (Lipinski definition) is 2. The highest BCUT2D eigenvalue weighted by Gasteiger charge is 2.45. The molecule has 8 nitrogen and oxygen atoms in total. The zero-order valence-corrected chi connectivity index (χ0v) is 28.6. The van der Waals surface area contributed by atoms with Crippen LogP contribution in [0.15, 0.2) is 41.0 Å². The zero-order valence-electron chi connectivity index (χ0n) is 25.2. The lowest BCUT2D eigenvalue weighted by atomic mass is 10.0. The molecule has 2 aromatic heterocycles. The molecule has 0 saturated carbocycles. The molecule has 42 heavy (non-hydrogen) atoms. The van der Waals surface area contributed by atoms with Crippen LogP contribution in [0, 0.1) is 5.82 Å². The summed E-state index contributed by atoms with van der Waals surface area (Å²) in [6, 6.07) is 8.39. The first-order valence-electron chi connectivity index (χ1n) is 14.0. The number of aromatic nitrogens is 2. The Balaban J connectivity index is 1.54. The molecule has 1 aromatic carbocycles. The minimum atomic E-state index is -1.89. The van der Waals surface area contributed by atoms with Gasteiger partial charge in [-0.3, -0.25) is 10.1 Å². The van der Waals surface area contributed by atoms with Gasteiger partial charge in [0.25, 0.3) is 5.91 Å². The Morgan fingerprint density at radius 3 is 2.50 bits per heavy atom. The average molecular weight is 677 g/mol. The van der Waals surface area contributed by atoms with Crippen LogP contribution in [0.2, 0.25) is 18.1 Å². The monoisotopic (exact) mass is 675 g/mol. The van der Waals surface area contributed by atoms with Crippen molar-refractivity contribution in [2.45, 2.75) is 71.1 Å². The van der Waals surface area contributed by atoms with E-state index in [0.717, 1.165) is 27.0 Å². The first-order chi connectivity index (χ1) is 19.6. The van der Waals surface area contributed by atoms with Crippen molar-refractivity contribution in [3.63, 3.8) is 0 Å². The van der Waals surface area contributed by atoms with Gasteiger partial charge in [-0.15, -0.1) is 11.3 Å². The van der Waals surface area contributed by atoms with E-state index >= 15 is 0 Å². The first kappa shape index (κ1) is 32.2. The van der Waals surface area contributed by atoms with Crippen LogP contribution in [0.1, 0.15) is 50.6 Å². The summed E-state index contributed by atoms with van der Waals surface area (Å²) in [6.45, 7) is 16.0. The number of hydrogen-bond acceptors (Lipinski definition) is 7. The SMILES string of the molecule is CC1(C)C(=O)NC(=O)N1CCNc1ncc(Br)c(-c2cc(CCO[Si](C)(C)C(C)(C)C)c(Cc3ccc(F)cc3)s2)n1. The highest BCUT2D eigenvalue weighted by molar-refractivity contribution is 9.10. The van der Waals surface area contributed by atoms with Crippen molar-refractivity contribution in [2.24, 2.45) is 0 Å². The maximum absolute atomic E-state index is 13.6. The molecule has 2 N–H and O–H groups in total. The van der Waals surface area contributed by atoms with Gasteiger partial charge in [0.2, 0.25) is 5.95 Å². The van der Waals surface area contributed by atoms with E-state index in [-0.39, 0.29) is 16.8 Å². The van der Waals surface area contributed by atoms with Crippen LogP contribution in [-0.4, -0.2) is 60.4 Å². The van der Waals surface area contributed by atoms with Gasteiger partial charge >= 0.3 is 6.03 Å². The Bertz CT molecular complexity index is 1460. The summed E-state index contributed by atoms with van der Waals surface area (Å²) in [5.74, 6) is -0.137. The van der Waals surface area contributed by atoms with Gasteiger partial charge in [-0.1, -0.05) is 32.9 Å². The normalized spacial score (nSPS) is 15.3. The average Bonchev–Trinajstić information content (AvgIpc) is 3.37. The molecule has 1 fully saturated rings. The molecule has 4 rings (SSSR count). The number of nitrogens with zero attached hydrogens (tertiary/aromatic N) is 3. The number of halogens is 2. The summed E-state index contributed by atoms with van der Waals surface area (Å²) in [7, 11) is -1.89. The van der Waals surface area contributed by atoms with E-state index in [9.17, 15) is 14.0 Å². The third-order valence-corrected chi connectivity index (χ3v) is 14.4. The number of nitrogens with one attached hydrogen (secondary N) is 2. The molecule has 226 valence electrons. The molecule has 3 amide bonds. The van der Waals surface area contributed by atoms with E-state index in [1.54, 1.807) is 31.4 Å². The maximum Gasteiger partial charge on any atom is 0.325 e. The molecule has 0 aliphatic carbocycles. The molecular formula is C30H39BrFN5O3SSi. The molecule has 3 heterocycles. The summed E-state index contributed by atoms with van der Waals surface area (Å²) in [5.41, 5.74) is 2.06. The van der Waals surface area contributed by atoms with Crippen molar-refractivity contribution in [3.05, 3.63) is 62.8 Å². The lowest BCUT2D eigenvalue weighted by molar-refractivity contribution is -0.125. The minimum Gasteiger partial charge on any atom is -0.416 e. The van der Waals surface area contributed by atoms with Crippen molar-refractivity contribution in [1.29, 1.82) is 0 Å². The van der Waals surface area contributed by atoms with E-state index in [4.69, 9.17) is 9.41 Å². The fourth-order valence-electron chi connectivity index (χ4n) is 4.34. The van der Waals surface area contributed by atoms with Crippen molar-refractivity contribution in [3.8, 4) is 10.6 Å². The largest absolute Gasteiger partial charge is 0.416 e. The van der Waals surface area contributed by atoms with Gasteiger partial charge in [0, 0.05) is 37.2 Å². The molecular weight excluding hydrogens is 637 g/mol. The Morgan fingerprint density at radius 2 is 1.88 bits per heavy atom. The summed E-state index contributed by atoms with van der Waals surface area (Å²) in [4.78, 5) is 37.1. The second-order valence-electron chi connectivity index (χ2n) is 12.5. The van der Waals surface area contributed by atoms with Crippen LogP contribution in [0.25, 0.3) is 10.6 Å². The number of rotatable bonds is 11. The van der Waals surface area contributed by atoms with Crippen LogP contribution in [0.3, 0.4) is 0 Å². The van der Waals surface area contributed by atoms with Gasteiger partial charge in [0.15, 0.2) is 8.32 Å². The highest BCUT2D eigenvalue weighted by Crippen LogP contribution is 2.38. The van der Waals surface area contributed by atoms with Crippen LogP contribution < -0.4 is 10.6 Å². The van der Waals surface area contributed by atoms with Crippen molar-refractivity contribution >= 4 is 53.5 Å². The number of carbonyl (C=O) groups is 2. The molecule has 1 saturated heterocycles. The molecule has 1 aliphatic heterocycles. The van der Waals surface area contributed by atoms with Crippen molar-refractivity contribution in [1.82, 2.24) is 20.2 Å². The standard InChI is InChI=1S/C30H39BrFN5O3SSi/c1-29(2,3)42(6,7)40-15-12-20-17-24(41-23(20)16-19-8-10-21(32)11-9-19)25-22(31)18-34-27(35-25)33-13-14-37-28(39)36-26(38)30(37,4)5/h8-11,17-18H,12-16H2,1-7H3,(H,33,34,35)(H,36,38,39). The summed E-state index contributed by atoms with van der Waals surface area (Å²) < 4.78 is 20.8. The number of anilines is 1. The second-order valence-corrected chi connectivity index (χ2v) is 19.3. The quantitative estimate of drug-likeness (QED) is 0.168. The molecule has 0 spiro atoms. The topological polar surface area (TPSA) is 96.5 Å². The van der Waals surface area contributed by atoms with E-state index in [1.165, 1.54) is 27.5 Å². The number of urea groups is 1. The molecule has 12 heteroatoms. The van der Waals surface area contributed by atoms with E-state index in [0.29, 0.717) is 32.1 Å². The van der Waals surface area contributed by atoms with Gasteiger partial charge < -0.3 is 14.6 Å². The fraction of sp³-hybridized carbons (Fsp3) is 0.467. The van der Waals surface area contributed by atoms with Crippen LogP contribution in [-0.2, 0) is 22.1 Å². The number of thiophene rings is 1. The van der Waals surface area contributed by atoms with Gasteiger partial charge in [-0.05, 0) is 83.7 Å². The van der Waals surface area contributed by atoms with Crippen LogP contribution in [0.5, 0.6) is 0 Å². The smallest absolute Gasteiger partial charge is 0.325 e. The lowest BCUT2D eigenvalue weighted by Gasteiger charge is -2.36. The first-order valence-corrected chi connectivity index (χ1v) is 18.5. The van der Waals surface area contributed by atoms with Gasteiger partial charge in [0.1, 0.15) is 11.4 Å². The summed E-state index contributed by atoms with van der Waals surface area (Å²) >= 11 is 5.28. The Labute approximate surface area is 260 Å². The zero-order chi connectivity index (χ0) is 30.9. The number of amides is 3. The molecule has 0 atom stereocenters. The van der Waals surface area contributed by atoms with Crippen molar-refractivity contribution in [2.75, 3.05) is 25.0 Å². The predicted molar refractivity (Wildman–Crippen MR) is 172 cm³/mol. The molecule has 0 bridgehead atoms. The third kappa shape index (κ3) is 7.27. The molecule has 1 aliphatic rings. The molecule has 0 radical (unpaired) electrons. The number of carbonyl (C=O) groups excluding carboxylic acids is 2. The van der Waals surface area contributed by atoms with Gasteiger partial charge in [-0.2, -0.15) is 0 Å². The maximum atomic E-state index is 13.6. The fourth-order valence-corrected chi connectivity index (χ4v) is 7.18. The number of benzene rings is 1.